The van der Waals surface area contributed by atoms with E-state index in [1.165, 1.54) is 0 Å². The Morgan fingerprint density at radius 2 is 2.00 bits per heavy atom. The van der Waals surface area contributed by atoms with Gasteiger partial charge in [-0.3, -0.25) is 4.55 Å². The van der Waals surface area contributed by atoms with Crippen molar-refractivity contribution < 1.29 is 13.0 Å². The molecule has 9 nitrogen and oxygen atoms in total. The van der Waals surface area contributed by atoms with Gasteiger partial charge in [0.15, 0.2) is 11.5 Å². The molecule has 0 aromatic rings. The average molecular weight is 202 g/mol. The molecule has 13 heavy (non-hydrogen) atoms. The first-order valence-corrected chi connectivity index (χ1v) is 4.40. The normalized spacial score (nSPS) is 19.3. The van der Waals surface area contributed by atoms with Crippen LogP contribution < -0.4 is 4.72 Å². The van der Waals surface area contributed by atoms with E-state index >= 15 is 0 Å². The molecule has 2 aliphatic rings. The van der Waals surface area contributed by atoms with E-state index in [0.717, 1.165) is 0 Å². The van der Waals surface area contributed by atoms with Crippen molar-refractivity contribution in [1.82, 2.24) is 4.72 Å². The zero-order chi connectivity index (χ0) is 9.47. The van der Waals surface area contributed by atoms with Gasteiger partial charge in [-0.15, -0.1) is 20.4 Å². The number of amidine groups is 1. The van der Waals surface area contributed by atoms with Crippen molar-refractivity contribution >= 4 is 16.1 Å². The maximum Gasteiger partial charge on any atom is 0.358 e. The summed E-state index contributed by atoms with van der Waals surface area (Å²) < 4.78 is 30.9. The Labute approximate surface area is 71.8 Å². The predicted molar refractivity (Wildman–Crippen MR) is 38.9 cm³/mol. The summed E-state index contributed by atoms with van der Waals surface area (Å²) in [5, 5.41) is 16.9. The fourth-order valence-corrected chi connectivity index (χ4v) is 1.14. The molecule has 0 saturated carbocycles. The number of azo groups is 1. The number of nitrogens with one attached hydrogen (secondary N) is 1. The van der Waals surface area contributed by atoms with E-state index in [1.54, 1.807) is 4.72 Å². The van der Waals surface area contributed by atoms with E-state index in [2.05, 4.69) is 25.7 Å². The van der Waals surface area contributed by atoms with E-state index in [1.807, 2.05) is 0 Å². The Kier molecular flexibility index (Phi) is 1.47. The standard InChI is InChI=1S/C3H2N6O3S/c10-13(11,12)8-3-1-2(5-6-3)7-9-4-1/h(H,6,8)(H,10,11,12). The highest BCUT2D eigenvalue weighted by atomic mass is 32.2. The van der Waals surface area contributed by atoms with Crippen LogP contribution in [0.1, 0.15) is 0 Å². The molecule has 0 aromatic heterocycles. The van der Waals surface area contributed by atoms with Gasteiger partial charge < -0.3 is 0 Å². The number of hydrogen-bond donors (Lipinski definition) is 2. The van der Waals surface area contributed by atoms with Gasteiger partial charge in [0.05, 0.1) is 0 Å². The first kappa shape index (κ1) is 7.94. The van der Waals surface area contributed by atoms with Crippen LogP contribution in [0.5, 0.6) is 0 Å². The van der Waals surface area contributed by atoms with Crippen LogP contribution >= 0.6 is 0 Å². The Morgan fingerprint density at radius 3 is 2.69 bits per heavy atom. The third-order valence-corrected chi connectivity index (χ3v) is 1.64. The topological polar surface area (TPSA) is 128 Å². The Bertz CT molecular complexity index is 469. The molecule has 0 amide bonds. The van der Waals surface area contributed by atoms with Crippen LogP contribution in [0.15, 0.2) is 37.2 Å². The fourth-order valence-electron chi connectivity index (χ4n) is 0.758. The van der Waals surface area contributed by atoms with Crippen molar-refractivity contribution in [3.8, 4) is 0 Å². The number of nitrogens with zero attached hydrogens (tertiary/aromatic N) is 5. The summed E-state index contributed by atoms with van der Waals surface area (Å²) in [5.74, 6) is -0.0753. The number of rotatable bonds is 2. The van der Waals surface area contributed by atoms with Crippen molar-refractivity contribution in [2.45, 2.75) is 0 Å². The third kappa shape index (κ3) is 1.43. The molecule has 2 aliphatic heterocycles. The summed E-state index contributed by atoms with van der Waals surface area (Å²) in [5.41, 5.74) is 0.0950. The zero-order valence-corrected chi connectivity index (χ0v) is 6.72. The van der Waals surface area contributed by atoms with Crippen molar-refractivity contribution in [3.05, 3.63) is 11.5 Å². The lowest BCUT2D eigenvalue weighted by Crippen LogP contribution is -2.21. The van der Waals surface area contributed by atoms with Gasteiger partial charge in [0, 0.05) is 0 Å². The van der Waals surface area contributed by atoms with E-state index in [9.17, 15) is 8.42 Å². The molecule has 0 atom stereocenters. The molecule has 0 saturated heterocycles. The maximum absolute atomic E-state index is 10.4. The lowest BCUT2D eigenvalue weighted by Gasteiger charge is -1.97. The zero-order valence-electron chi connectivity index (χ0n) is 5.91. The molecule has 0 bridgehead atoms. The summed E-state index contributed by atoms with van der Waals surface area (Å²) in [7, 11) is -4.36. The van der Waals surface area contributed by atoms with E-state index < -0.39 is 10.3 Å². The van der Waals surface area contributed by atoms with Crippen LogP contribution in [0, 0.1) is 0 Å². The number of hydrogen-bond acceptors (Lipinski definition) is 7. The van der Waals surface area contributed by atoms with Crippen molar-refractivity contribution in [2.24, 2.45) is 25.7 Å². The van der Waals surface area contributed by atoms with Gasteiger partial charge in [-0.2, -0.15) is 8.42 Å². The van der Waals surface area contributed by atoms with Crippen LogP contribution in [-0.4, -0.2) is 18.8 Å². The Morgan fingerprint density at radius 1 is 1.23 bits per heavy atom. The predicted octanol–water partition coefficient (Wildman–Crippen LogP) is -0.207. The molecule has 0 aliphatic carbocycles. The van der Waals surface area contributed by atoms with Crippen molar-refractivity contribution in [1.29, 1.82) is 0 Å². The second-order valence-corrected chi connectivity index (χ2v) is 3.24. The van der Waals surface area contributed by atoms with E-state index in [4.69, 9.17) is 4.55 Å². The van der Waals surface area contributed by atoms with Gasteiger partial charge in [0.2, 0.25) is 5.84 Å². The van der Waals surface area contributed by atoms with Crippen LogP contribution in [0.2, 0.25) is 0 Å². The monoisotopic (exact) mass is 202 g/mol. The molecule has 2 heterocycles. The van der Waals surface area contributed by atoms with E-state index in [0.29, 0.717) is 0 Å². The largest absolute Gasteiger partial charge is 0.358 e. The molecule has 2 rings (SSSR count). The molecule has 10 heteroatoms. The van der Waals surface area contributed by atoms with Gasteiger partial charge in [0.1, 0.15) is 0 Å². The van der Waals surface area contributed by atoms with Gasteiger partial charge in [-0.1, -0.05) is 0 Å². The quantitative estimate of drug-likeness (QED) is 0.601. The molecule has 0 unspecified atom stereocenters. The smallest absolute Gasteiger partial charge is 0.269 e. The molecule has 0 radical (unpaired) electrons. The third-order valence-electron chi connectivity index (χ3n) is 1.19. The second kappa shape index (κ2) is 2.40. The lowest BCUT2D eigenvalue weighted by molar-refractivity contribution is 0.473. The van der Waals surface area contributed by atoms with Gasteiger partial charge in [0.25, 0.3) is 0 Å². The maximum atomic E-state index is 10.4. The molecule has 0 spiro atoms. The minimum atomic E-state index is -4.36. The second-order valence-electron chi connectivity index (χ2n) is 2.09. The van der Waals surface area contributed by atoms with Crippen LogP contribution in [-0.2, 0) is 10.3 Å². The molecule has 0 aromatic carbocycles. The summed E-state index contributed by atoms with van der Waals surface area (Å²) in [6, 6.07) is 0. The highest BCUT2D eigenvalue weighted by Crippen LogP contribution is 2.21. The SMILES string of the molecule is O=S(=O)(O)NC1=C2N=NN=C2N=N1. The molecule has 68 valence electrons. The Balaban J connectivity index is 2.36. The first-order chi connectivity index (χ1) is 6.06. The van der Waals surface area contributed by atoms with Crippen LogP contribution in [0.4, 0.5) is 0 Å². The molecule has 2 N–H and O–H groups in total. The van der Waals surface area contributed by atoms with E-state index in [-0.39, 0.29) is 17.4 Å². The van der Waals surface area contributed by atoms with Crippen molar-refractivity contribution in [3.63, 3.8) is 0 Å². The van der Waals surface area contributed by atoms with Crippen LogP contribution in [0.25, 0.3) is 0 Å². The van der Waals surface area contributed by atoms with Gasteiger partial charge in [-0.05, 0) is 5.22 Å². The minimum Gasteiger partial charge on any atom is -0.269 e. The molecular weight excluding hydrogens is 200 g/mol. The van der Waals surface area contributed by atoms with Gasteiger partial charge in [-0.25, -0.2) is 4.72 Å². The minimum absolute atomic E-state index is 0.0950. The summed E-state index contributed by atoms with van der Waals surface area (Å²) in [6.45, 7) is 0. The number of fused-ring (bicyclic) bond motifs is 1. The average Bonchev–Trinajstić information content (AvgIpc) is 2.50. The summed E-state index contributed by atoms with van der Waals surface area (Å²) in [6.07, 6.45) is 0. The Hall–Kier alpha value is -1.68. The first-order valence-electron chi connectivity index (χ1n) is 2.96. The summed E-state index contributed by atoms with van der Waals surface area (Å²) >= 11 is 0. The highest BCUT2D eigenvalue weighted by molar-refractivity contribution is 7.83. The lowest BCUT2D eigenvalue weighted by atomic mass is 10.4. The molecule has 0 fully saturated rings. The fraction of sp³-hybridized carbons (Fsp3) is 0. The van der Waals surface area contributed by atoms with Gasteiger partial charge >= 0.3 is 10.3 Å². The molecular formula is C3H2N6O3S. The summed E-state index contributed by atoms with van der Waals surface area (Å²) in [4.78, 5) is 0. The van der Waals surface area contributed by atoms with Crippen LogP contribution in [0.3, 0.4) is 0 Å². The van der Waals surface area contributed by atoms with Crippen molar-refractivity contribution in [2.75, 3.05) is 0 Å². The highest BCUT2D eigenvalue weighted by Gasteiger charge is 2.25.